The van der Waals surface area contributed by atoms with E-state index < -0.39 is 29.7 Å². The molecule has 0 radical (unpaired) electrons. The van der Waals surface area contributed by atoms with E-state index in [0.29, 0.717) is 17.9 Å². The summed E-state index contributed by atoms with van der Waals surface area (Å²) in [6.45, 7) is 7.06. The number of benzene rings is 1. The van der Waals surface area contributed by atoms with Crippen molar-refractivity contribution < 1.29 is 28.6 Å². The number of hydrogen-bond acceptors (Lipinski definition) is 6. The number of hydrogen-bond donors (Lipinski definition) is 2. The Labute approximate surface area is 159 Å². The maximum Gasteiger partial charge on any atom is 0.407 e. The average molecular weight is 380 g/mol. The molecule has 0 aliphatic carbocycles. The van der Waals surface area contributed by atoms with Gasteiger partial charge < -0.3 is 24.8 Å². The summed E-state index contributed by atoms with van der Waals surface area (Å²) >= 11 is 0. The normalized spacial score (nSPS) is 11.9. The summed E-state index contributed by atoms with van der Waals surface area (Å²) in [5, 5.41) is 5.21. The lowest BCUT2D eigenvalue weighted by Gasteiger charge is -2.19. The molecule has 1 aromatic carbocycles. The van der Waals surface area contributed by atoms with Gasteiger partial charge in [-0.1, -0.05) is 6.07 Å². The van der Waals surface area contributed by atoms with Gasteiger partial charge in [-0.2, -0.15) is 0 Å². The molecule has 1 aromatic rings. The highest BCUT2D eigenvalue weighted by Crippen LogP contribution is 2.17. The number of nitrogens with one attached hydrogen (secondary N) is 2. The molecule has 0 aliphatic rings. The van der Waals surface area contributed by atoms with Gasteiger partial charge in [0.05, 0.1) is 7.11 Å². The van der Waals surface area contributed by atoms with Crippen LogP contribution in [-0.4, -0.2) is 43.3 Å². The molecular formula is C19H28N2O6. The second-order valence-corrected chi connectivity index (χ2v) is 6.89. The first kappa shape index (κ1) is 22.3. The van der Waals surface area contributed by atoms with E-state index in [1.165, 1.54) is 14.0 Å². The van der Waals surface area contributed by atoms with Crippen LogP contribution in [0.2, 0.25) is 0 Å². The third-order valence-corrected chi connectivity index (χ3v) is 3.24. The first-order valence-corrected chi connectivity index (χ1v) is 8.72. The summed E-state index contributed by atoms with van der Waals surface area (Å²) < 4.78 is 15.3. The average Bonchev–Trinajstić information content (AvgIpc) is 2.57. The van der Waals surface area contributed by atoms with Gasteiger partial charge in [0, 0.05) is 24.7 Å². The van der Waals surface area contributed by atoms with Crippen molar-refractivity contribution in [2.24, 2.45) is 0 Å². The minimum absolute atomic E-state index is 0.0760. The largest absolute Gasteiger partial charge is 0.497 e. The molecule has 0 heterocycles. The fourth-order valence-electron chi connectivity index (χ4n) is 1.99. The zero-order valence-electron chi connectivity index (χ0n) is 16.5. The summed E-state index contributed by atoms with van der Waals surface area (Å²) in [4.78, 5) is 35.4. The highest BCUT2D eigenvalue weighted by atomic mass is 16.6. The lowest BCUT2D eigenvalue weighted by Crippen LogP contribution is -2.33. The molecule has 150 valence electrons. The minimum Gasteiger partial charge on any atom is -0.497 e. The topological polar surface area (TPSA) is 103 Å². The maximum atomic E-state index is 12.1. The Morgan fingerprint density at radius 2 is 1.89 bits per heavy atom. The molecule has 8 nitrogen and oxygen atoms in total. The van der Waals surface area contributed by atoms with Crippen LogP contribution in [-0.2, 0) is 19.1 Å². The second kappa shape index (κ2) is 10.4. The minimum atomic E-state index is -0.942. The van der Waals surface area contributed by atoms with Crippen molar-refractivity contribution in [3.63, 3.8) is 0 Å². The molecule has 2 N–H and O–H groups in total. The second-order valence-electron chi connectivity index (χ2n) is 6.89. The molecule has 0 saturated heterocycles. The van der Waals surface area contributed by atoms with Gasteiger partial charge in [0.25, 0.3) is 5.91 Å². The zero-order valence-corrected chi connectivity index (χ0v) is 16.5. The molecule has 2 amide bonds. The smallest absolute Gasteiger partial charge is 0.407 e. The molecule has 0 aromatic heterocycles. The summed E-state index contributed by atoms with van der Waals surface area (Å²) in [5.41, 5.74) is -0.0296. The number of amides is 2. The molecule has 1 rings (SSSR count). The number of rotatable bonds is 8. The zero-order chi connectivity index (χ0) is 20.4. The van der Waals surface area contributed by atoms with E-state index >= 15 is 0 Å². The van der Waals surface area contributed by atoms with E-state index in [2.05, 4.69) is 10.6 Å². The lowest BCUT2D eigenvalue weighted by atomic mass is 10.2. The Hall–Kier alpha value is -2.77. The van der Waals surface area contributed by atoms with Gasteiger partial charge in [0.15, 0.2) is 6.10 Å². The molecule has 0 bridgehead atoms. The standard InChI is InChI=1S/C19H28N2O6/c1-13(17(23)21-14-8-6-9-15(12-14)25-5)26-16(22)10-7-11-20-18(24)27-19(2,3)4/h6,8-9,12-13H,7,10-11H2,1-5H3,(H,20,24)(H,21,23)/t13-/m0/s1. The Morgan fingerprint density at radius 1 is 1.19 bits per heavy atom. The Balaban J connectivity index is 2.30. The Bertz CT molecular complexity index is 654. The number of carbonyl (C=O) groups is 3. The van der Waals surface area contributed by atoms with Gasteiger partial charge in [-0.3, -0.25) is 9.59 Å². The molecule has 0 saturated carbocycles. The SMILES string of the molecule is COc1cccc(NC(=O)[C@H](C)OC(=O)CCCNC(=O)OC(C)(C)C)c1. The van der Waals surface area contributed by atoms with E-state index in [-0.39, 0.29) is 13.0 Å². The van der Waals surface area contributed by atoms with Crippen LogP contribution in [0, 0.1) is 0 Å². The number of esters is 1. The van der Waals surface area contributed by atoms with Gasteiger partial charge >= 0.3 is 12.1 Å². The van der Waals surface area contributed by atoms with Gasteiger partial charge in [0.1, 0.15) is 11.4 Å². The van der Waals surface area contributed by atoms with Crippen LogP contribution < -0.4 is 15.4 Å². The van der Waals surface area contributed by atoms with Crippen LogP contribution in [0.5, 0.6) is 5.75 Å². The molecule has 8 heteroatoms. The third kappa shape index (κ3) is 9.48. The van der Waals surface area contributed by atoms with E-state index in [1.807, 2.05) is 0 Å². The molecular weight excluding hydrogens is 352 g/mol. The van der Waals surface area contributed by atoms with Crippen LogP contribution in [0.4, 0.5) is 10.5 Å². The number of carbonyl (C=O) groups excluding carboxylic acids is 3. The number of anilines is 1. The molecule has 0 unspecified atom stereocenters. The fourth-order valence-corrected chi connectivity index (χ4v) is 1.99. The van der Waals surface area contributed by atoms with Crippen molar-refractivity contribution in [3.8, 4) is 5.75 Å². The maximum absolute atomic E-state index is 12.1. The third-order valence-electron chi connectivity index (χ3n) is 3.24. The van der Waals surface area contributed by atoms with Crippen LogP contribution in [0.25, 0.3) is 0 Å². The first-order chi connectivity index (χ1) is 12.6. The van der Waals surface area contributed by atoms with E-state index in [1.54, 1.807) is 45.0 Å². The Kier molecular flexibility index (Phi) is 8.58. The van der Waals surface area contributed by atoms with Crippen molar-refractivity contribution in [1.82, 2.24) is 5.32 Å². The molecule has 27 heavy (non-hydrogen) atoms. The van der Waals surface area contributed by atoms with E-state index in [9.17, 15) is 14.4 Å². The number of alkyl carbamates (subject to hydrolysis) is 1. The van der Waals surface area contributed by atoms with Crippen molar-refractivity contribution in [2.45, 2.75) is 52.2 Å². The van der Waals surface area contributed by atoms with Gasteiger partial charge in [0.2, 0.25) is 0 Å². The van der Waals surface area contributed by atoms with Gasteiger partial charge in [-0.15, -0.1) is 0 Å². The fraction of sp³-hybridized carbons (Fsp3) is 0.526. The monoisotopic (exact) mass is 380 g/mol. The highest BCUT2D eigenvalue weighted by Gasteiger charge is 2.18. The Morgan fingerprint density at radius 3 is 2.52 bits per heavy atom. The van der Waals surface area contributed by atoms with Crippen LogP contribution in [0.3, 0.4) is 0 Å². The molecule has 0 aliphatic heterocycles. The number of methoxy groups -OCH3 is 1. The summed E-state index contributed by atoms with van der Waals surface area (Å²) in [7, 11) is 1.53. The first-order valence-electron chi connectivity index (χ1n) is 8.72. The quantitative estimate of drug-likeness (QED) is 0.531. The van der Waals surface area contributed by atoms with Gasteiger partial charge in [-0.05, 0) is 46.2 Å². The molecule has 0 spiro atoms. The number of ether oxygens (including phenoxy) is 3. The van der Waals surface area contributed by atoms with Gasteiger partial charge in [-0.25, -0.2) is 4.79 Å². The van der Waals surface area contributed by atoms with Crippen molar-refractivity contribution in [3.05, 3.63) is 24.3 Å². The van der Waals surface area contributed by atoms with Crippen molar-refractivity contribution >= 4 is 23.7 Å². The summed E-state index contributed by atoms with van der Waals surface area (Å²) in [5.74, 6) is -0.354. The van der Waals surface area contributed by atoms with Crippen LogP contribution in [0.1, 0.15) is 40.5 Å². The van der Waals surface area contributed by atoms with Crippen LogP contribution in [0.15, 0.2) is 24.3 Å². The molecule has 1 atom stereocenters. The predicted molar refractivity (Wildman–Crippen MR) is 101 cm³/mol. The highest BCUT2D eigenvalue weighted by molar-refractivity contribution is 5.95. The van der Waals surface area contributed by atoms with Crippen LogP contribution >= 0.6 is 0 Å². The lowest BCUT2D eigenvalue weighted by molar-refractivity contribution is -0.153. The van der Waals surface area contributed by atoms with E-state index in [4.69, 9.17) is 14.2 Å². The van der Waals surface area contributed by atoms with Crippen molar-refractivity contribution in [1.29, 1.82) is 0 Å². The molecule has 0 fully saturated rings. The van der Waals surface area contributed by atoms with E-state index in [0.717, 1.165) is 0 Å². The summed E-state index contributed by atoms with van der Waals surface area (Å²) in [6.07, 6.45) is -1.03. The summed E-state index contributed by atoms with van der Waals surface area (Å²) in [6, 6.07) is 6.86. The predicted octanol–water partition coefficient (Wildman–Crippen LogP) is 2.87. The van der Waals surface area contributed by atoms with Crippen molar-refractivity contribution in [2.75, 3.05) is 19.0 Å².